The molecule has 0 aliphatic carbocycles. The van der Waals surface area contributed by atoms with Crippen LogP contribution in [0.25, 0.3) is 0 Å². The number of nitrogens with zero attached hydrogens (tertiary/aromatic N) is 2. The van der Waals surface area contributed by atoms with Gasteiger partial charge in [-0.3, -0.25) is 0 Å². The van der Waals surface area contributed by atoms with Crippen LogP contribution in [0.4, 0.5) is 0 Å². The molecule has 1 heterocycles. The van der Waals surface area contributed by atoms with Crippen LogP contribution in [-0.4, -0.2) is 49.4 Å². The highest BCUT2D eigenvalue weighted by Crippen LogP contribution is 1.92. The van der Waals surface area contributed by atoms with Gasteiger partial charge in [0.2, 0.25) is 0 Å². The highest BCUT2D eigenvalue weighted by atomic mass is 15.1. The van der Waals surface area contributed by atoms with Crippen molar-refractivity contribution in [2.45, 2.75) is 12.8 Å². The molecule has 1 aliphatic heterocycles. The summed E-state index contributed by atoms with van der Waals surface area (Å²) in [7, 11) is 4.35. The highest BCUT2D eigenvalue weighted by molar-refractivity contribution is 5.51. The highest BCUT2D eigenvalue weighted by Gasteiger charge is 2.04. The summed E-state index contributed by atoms with van der Waals surface area (Å²) >= 11 is 0. The molecule has 1 rings (SSSR count). The van der Waals surface area contributed by atoms with Crippen LogP contribution in [0.15, 0.2) is 0 Å². The first-order valence-electron chi connectivity index (χ1n) is 4.01. The SMILES string of the molecule is CN1CCC=[N+](C)CCC1. The zero-order chi connectivity index (χ0) is 7.40. The van der Waals surface area contributed by atoms with Crippen molar-refractivity contribution in [1.82, 2.24) is 4.90 Å². The summed E-state index contributed by atoms with van der Waals surface area (Å²) in [6.07, 6.45) is 4.78. The van der Waals surface area contributed by atoms with Crippen LogP contribution in [0.5, 0.6) is 0 Å². The first-order chi connectivity index (χ1) is 4.79. The zero-order valence-electron chi connectivity index (χ0n) is 7.01. The Hall–Kier alpha value is -0.370. The van der Waals surface area contributed by atoms with Gasteiger partial charge in [0.1, 0.15) is 19.8 Å². The van der Waals surface area contributed by atoms with Crippen molar-refractivity contribution in [1.29, 1.82) is 0 Å². The Morgan fingerprint density at radius 3 is 3.00 bits per heavy atom. The molecule has 0 aromatic carbocycles. The Kier molecular flexibility index (Phi) is 2.87. The molecule has 0 saturated heterocycles. The van der Waals surface area contributed by atoms with Gasteiger partial charge in [0.25, 0.3) is 0 Å². The van der Waals surface area contributed by atoms with Crippen LogP contribution in [0.2, 0.25) is 0 Å². The molecule has 10 heavy (non-hydrogen) atoms. The maximum absolute atomic E-state index is 2.39. The van der Waals surface area contributed by atoms with E-state index in [4.69, 9.17) is 0 Å². The van der Waals surface area contributed by atoms with Crippen molar-refractivity contribution in [3.05, 3.63) is 0 Å². The van der Waals surface area contributed by atoms with Crippen LogP contribution >= 0.6 is 0 Å². The lowest BCUT2D eigenvalue weighted by Crippen LogP contribution is -2.27. The quantitative estimate of drug-likeness (QED) is 0.443. The monoisotopic (exact) mass is 141 g/mol. The van der Waals surface area contributed by atoms with Gasteiger partial charge in [-0.1, -0.05) is 0 Å². The largest absolute Gasteiger partial charge is 0.306 e. The molecule has 1 aliphatic rings. The van der Waals surface area contributed by atoms with Crippen molar-refractivity contribution in [2.75, 3.05) is 33.7 Å². The third-order valence-corrected chi connectivity index (χ3v) is 2.00. The van der Waals surface area contributed by atoms with Crippen LogP contribution in [0.1, 0.15) is 12.8 Å². The fourth-order valence-corrected chi connectivity index (χ4v) is 1.29. The average molecular weight is 141 g/mol. The Labute approximate surface area is 63.2 Å². The van der Waals surface area contributed by atoms with E-state index in [1.165, 1.54) is 32.5 Å². The van der Waals surface area contributed by atoms with E-state index >= 15 is 0 Å². The molecule has 0 bridgehead atoms. The third kappa shape index (κ3) is 2.48. The van der Waals surface area contributed by atoms with Gasteiger partial charge in [0, 0.05) is 25.9 Å². The van der Waals surface area contributed by atoms with Crippen LogP contribution in [-0.2, 0) is 0 Å². The van der Waals surface area contributed by atoms with Gasteiger partial charge in [-0.15, -0.1) is 0 Å². The van der Waals surface area contributed by atoms with Gasteiger partial charge in [-0.25, -0.2) is 4.58 Å². The summed E-state index contributed by atoms with van der Waals surface area (Å²) in [5, 5.41) is 0. The number of rotatable bonds is 0. The molecular weight excluding hydrogens is 124 g/mol. The smallest absolute Gasteiger partial charge is 0.143 e. The molecule has 2 nitrogen and oxygen atoms in total. The Balaban J connectivity index is 2.38. The molecule has 0 aromatic rings. The number of hydrogen-bond donors (Lipinski definition) is 0. The van der Waals surface area contributed by atoms with Gasteiger partial charge >= 0.3 is 0 Å². The molecule has 0 saturated carbocycles. The molecule has 0 fully saturated rings. The van der Waals surface area contributed by atoms with E-state index in [-0.39, 0.29) is 0 Å². The minimum absolute atomic E-state index is 1.20. The van der Waals surface area contributed by atoms with Gasteiger partial charge in [0.15, 0.2) is 0 Å². The lowest BCUT2D eigenvalue weighted by Gasteiger charge is -2.15. The molecule has 0 aromatic heterocycles. The van der Waals surface area contributed by atoms with Crippen molar-refractivity contribution in [3.8, 4) is 0 Å². The zero-order valence-corrected chi connectivity index (χ0v) is 7.01. The second-order valence-electron chi connectivity index (χ2n) is 3.11. The van der Waals surface area contributed by atoms with Crippen LogP contribution in [0, 0.1) is 0 Å². The second kappa shape index (κ2) is 3.71. The lowest BCUT2D eigenvalue weighted by molar-refractivity contribution is -0.494. The van der Waals surface area contributed by atoms with Crippen LogP contribution in [0.3, 0.4) is 0 Å². The van der Waals surface area contributed by atoms with Crippen molar-refractivity contribution >= 4 is 6.21 Å². The van der Waals surface area contributed by atoms with Crippen molar-refractivity contribution in [3.63, 3.8) is 0 Å². The van der Waals surface area contributed by atoms with Gasteiger partial charge in [0.05, 0.1) is 0 Å². The fourth-order valence-electron chi connectivity index (χ4n) is 1.29. The molecule has 0 atom stereocenters. The Morgan fingerprint density at radius 1 is 1.40 bits per heavy atom. The average Bonchev–Trinajstić information content (AvgIpc) is 1.84. The van der Waals surface area contributed by atoms with Gasteiger partial charge in [-0.05, 0) is 7.05 Å². The summed E-state index contributed by atoms with van der Waals surface area (Å²) < 4.78 is 2.30. The van der Waals surface area contributed by atoms with E-state index in [9.17, 15) is 0 Å². The van der Waals surface area contributed by atoms with Crippen molar-refractivity contribution < 1.29 is 4.58 Å². The van der Waals surface area contributed by atoms with E-state index in [2.05, 4.69) is 29.8 Å². The maximum atomic E-state index is 2.39. The van der Waals surface area contributed by atoms with E-state index in [0.717, 1.165) is 0 Å². The van der Waals surface area contributed by atoms with Gasteiger partial charge < -0.3 is 4.90 Å². The number of hydrogen-bond acceptors (Lipinski definition) is 1. The minimum Gasteiger partial charge on any atom is -0.306 e. The molecule has 0 unspecified atom stereocenters. The summed E-state index contributed by atoms with van der Waals surface area (Å²) in [5.41, 5.74) is 0. The third-order valence-electron chi connectivity index (χ3n) is 2.00. The van der Waals surface area contributed by atoms with E-state index in [1.54, 1.807) is 0 Å². The first-order valence-corrected chi connectivity index (χ1v) is 4.01. The summed E-state index contributed by atoms with van der Waals surface area (Å²) in [6, 6.07) is 0. The summed E-state index contributed by atoms with van der Waals surface area (Å²) in [6.45, 7) is 3.67. The Bertz CT molecular complexity index is 129. The normalized spacial score (nSPS) is 23.2. The molecule has 0 N–H and O–H groups in total. The standard InChI is InChI=1S/C8H17N2/c1-9-5-3-7-10(2)8-4-6-9/h5H,3-4,6-8H2,1-2H3/q+1. The summed E-state index contributed by atoms with van der Waals surface area (Å²) in [4.78, 5) is 2.39. The topological polar surface area (TPSA) is 6.25 Å². The second-order valence-corrected chi connectivity index (χ2v) is 3.11. The van der Waals surface area contributed by atoms with Crippen molar-refractivity contribution in [2.24, 2.45) is 0 Å². The molecule has 2 heteroatoms. The molecule has 0 radical (unpaired) electrons. The maximum Gasteiger partial charge on any atom is 0.143 e. The van der Waals surface area contributed by atoms with Crippen LogP contribution < -0.4 is 0 Å². The van der Waals surface area contributed by atoms with E-state index in [0.29, 0.717) is 0 Å². The summed E-state index contributed by atoms with van der Waals surface area (Å²) in [5.74, 6) is 0. The molecule has 0 spiro atoms. The molecule has 0 amide bonds. The fraction of sp³-hybridized carbons (Fsp3) is 0.875. The predicted octanol–water partition coefficient (Wildman–Crippen LogP) is 0.425. The van der Waals surface area contributed by atoms with E-state index < -0.39 is 0 Å². The first kappa shape index (κ1) is 7.73. The molecular formula is C8H17N2+. The van der Waals surface area contributed by atoms with Gasteiger partial charge in [-0.2, -0.15) is 0 Å². The lowest BCUT2D eigenvalue weighted by atomic mass is 10.3. The van der Waals surface area contributed by atoms with E-state index in [1.807, 2.05) is 0 Å². The predicted molar refractivity (Wildman–Crippen MR) is 43.8 cm³/mol. The minimum atomic E-state index is 1.20. The Morgan fingerprint density at radius 2 is 2.20 bits per heavy atom. The molecule has 58 valence electrons.